The van der Waals surface area contributed by atoms with Crippen molar-refractivity contribution in [2.24, 2.45) is 0 Å². The lowest BCUT2D eigenvalue weighted by atomic mass is 10.1. The van der Waals surface area contributed by atoms with Gasteiger partial charge in [0.05, 0.1) is 12.5 Å². The summed E-state index contributed by atoms with van der Waals surface area (Å²) in [7, 11) is 1.65. The standard InChI is InChI=1S/C16H13FNO.BrH/c1-19-16-7-2-4-12-8-9-18(11-15(12)16)14-6-3-5-13(17)10-14;/h2-11H,1H3;1H/q+1;/p-1. The van der Waals surface area contributed by atoms with Crippen LogP contribution >= 0.6 is 0 Å². The normalized spacial score (nSPS) is 10.1. The molecule has 0 aliphatic rings. The smallest absolute Gasteiger partial charge is 0.213 e. The summed E-state index contributed by atoms with van der Waals surface area (Å²) in [5, 5.41) is 2.09. The first-order chi connectivity index (χ1) is 9.28. The molecule has 0 saturated heterocycles. The van der Waals surface area contributed by atoms with Crippen molar-refractivity contribution in [1.82, 2.24) is 0 Å². The molecule has 2 aromatic carbocycles. The molecule has 102 valence electrons. The van der Waals surface area contributed by atoms with Crippen LogP contribution in [0.1, 0.15) is 0 Å². The molecule has 3 rings (SSSR count). The number of methoxy groups -OCH3 is 1. The van der Waals surface area contributed by atoms with E-state index in [9.17, 15) is 4.39 Å². The molecule has 0 radical (unpaired) electrons. The highest BCUT2D eigenvalue weighted by Gasteiger charge is 2.10. The minimum atomic E-state index is -0.245. The van der Waals surface area contributed by atoms with E-state index in [-0.39, 0.29) is 22.8 Å². The molecule has 1 heterocycles. The Morgan fingerprint density at radius 3 is 2.60 bits per heavy atom. The van der Waals surface area contributed by atoms with Gasteiger partial charge in [0, 0.05) is 18.2 Å². The van der Waals surface area contributed by atoms with Crippen molar-refractivity contribution in [2.75, 3.05) is 7.11 Å². The fraction of sp³-hybridized carbons (Fsp3) is 0.0625. The van der Waals surface area contributed by atoms with Gasteiger partial charge >= 0.3 is 0 Å². The Labute approximate surface area is 127 Å². The van der Waals surface area contributed by atoms with Gasteiger partial charge in [-0.15, -0.1) is 0 Å². The predicted octanol–water partition coefficient (Wildman–Crippen LogP) is 0.268. The van der Waals surface area contributed by atoms with E-state index >= 15 is 0 Å². The Hall–Kier alpha value is -1.94. The maximum atomic E-state index is 13.3. The fourth-order valence-corrected chi connectivity index (χ4v) is 2.16. The number of benzene rings is 2. The van der Waals surface area contributed by atoms with Crippen molar-refractivity contribution in [3.63, 3.8) is 0 Å². The summed E-state index contributed by atoms with van der Waals surface area (Å²) in [4.78, 5) is 0. The van der Waals surface area contributed by atoms with E-state index in [0.29, 0.717) is 0 Å². The molecule has 3 aromatic rings. The van der Waals surface area contributed by atoms with E-state index in [4.69, 9.17) is 4.74 Å². The van der Waals surface area contributed by atoms with Gasteiger partial charge in [-0.05, 0) is 17.5 Å². The molecule has 4 heteroatoms. The molecular weight excluding hydrogens is 321 g/mol. The Balaban J connectivity index is 0.00000147. The van der Waals surface area contributed by atoms with Crippen molar-refractivity contribution in [3.05, 3.63) is 66.7 Å². The van der Waals surface area contributed by atoms with E-state index in [1.54, 1.807) is 13.2 Å². The Morgan fingerprint density at radius 2 is 1.85 bits per heavy atom. The Morgan fingerprint density at radius 1 is 1.05 bits per heavy atom. The molecule has 2 nitrogen and oxygen atoms in total. The van der Waals surface area contributed by atoms with E-state index in [2.05, 4.69) is 0 Å². The van der Waals surface area contributed by atoms with Crippen molar-refractivity contribution >= 4 is 10.8 Å². The van der Waals surface area contributed by atoms with Crippen molar-refractivity contribution in [1.29, 1.82) is 0 Å². The highest BCUT2D eigenvalue weighted by Crippen LogP contribution is 2.23. The van der Waals surface area contributed by atoms with Crippen molar-refractivity contribution < 1.29 is 30.7 Å². The first kappa shape index (κ1) is 14.5. The monoisotopic (exact) mass is 333 g/mol. The second kappa shape index (κ2) is 6.01. The molecule has 0 aliphatic carbocycles. The van der Waals surface area contributed by atoms with Crippen LogP contribution in [-0.4, -0.2) is 7.11 Å². The SMILES string of the molecule is COc1cccc2cc[n+](-c3cccc(F)c3)cc12.[Br-]. The number of hydrogen-bond acceptors (Lipinski definition) is 1. The van der Waals surface area contributed by atoms with E-state index in [0.717, 1.165) is 22.2 Å². The molecule has 0 N–H and O–H groups in total. The van der Waals surface area contributed by atoms with Crippen LogP contribution in [0.2, 0.25) is 0 Å². The number of rotatable bonds is 2. The summed E-state index contributed by atoms with van der Waals surface area (Å²) in [6.45, 7) is 0. The maximum Gasteiger partial charge on any atom is 0.213 e. The third kappa shape index (κ3) is 2.65. The number of aromatic nitrogens is 1. The minimum absolute atomic E-state index is 0. The van der Waals surface area contributed by atoms with Crippen LogP contribution in [0.4, 0.5) is 4.39 Å². The minimum Gasteiger partial charge on any atom is -1.00 e. The third-order valence-electron chi connectivity index (χ3n) is 3.11. The van der Waals surface area contributed by atoms with Crippen molar-refractivity contribution in [3.8, 4) is 11.4 Å². The molecule has 1 aromatic heterocycles. The number of fused-ring (bicyclic) bond motifs is 1. The summed E-state index contributed by atoms with van der Waals surface area (Å²) >= 11 is 0. The van der Waals surface area contributed by atoms with Crippen LogP contribution in [0.5, 0.6) is 5.75 Å². The van der Waals surface area contributed by atoms with Gasteiger partial charge in [0.1, 0.15) is 11.6 Å². The second-order valence-electron chi connectivity index (χ2n) is 4.30. The van der Waals surface area contributed by atoms with Crippen LogP contribution in [0.3, 0.4) is 0 Å². The second-order valence-corrected chi connectivity index (χ2v) is 4.30. The van der Waals surface area contributed by atoms with Crippen LogP contribution in [-0.2, 0) is 0 Å². The number of halogens is 2. The molecule has 0 saturated carbocycles. The number of nitrogens with zero attached hydrogens (tertiary/aromatic N) is 1. The van der Waals surface area contributed by atoms with Crippen LogP contribution in [0.25, 0.3) is 16.5 Å². The largest absolute Gasteiger partial charge is 1.00 e. The summed E-state index contributed by atoms with van der Waals surface area (Å²) < 4.78 is 20.5. The Kier molecular flexibility index (Phi) is 4.35. The van der Waals surface area contributed by atoms with E-state index in [1.165, 1.54) is 12.1 Å². The number of ether oxygens (including phenoxy) is 1. The average Bonchev–Trinajstić information content (AvgIpc) is 2.46. The average molecular weight is 334 g/mol. The summed E-state index contributed by atoms with van der Waals surface area (Å²) in [6, 6.07) is 14.4. The van der Waals surface area contributed by atoms with Gasteiger partial charge in [-0.1, -0.05) is 18.2 Å². The molecule has 0 amide bonds. The lowest BCUT2D eigenvalue weighted by Crippen LogP contribution is -3.00. The molecule has 0 spiro atoms. The highest BCUT2D eigenvalue weighted by atomic mass is 79.9. The van der Waals surface area contributed by atoms with Gasteiger partial charge in [0.15, 0.2) is 12.4 Å². The van der Waals surface area contributed by atoms with Gasteiger partial charge in [-0.2, -0.15) is 4.57 Å². The zero-order valence-corrected chi connectivity index (χ0v) is 12.5. The first-order valence-corrected chi connectivity index (χ1v) is 6.02. The van der Waals surface area contributed by atoms with E-state index in [1.807, 2.05) is 47.3 Å². The lowest BCUT2D eigenvalue weighted by Gasteiger charge is -2.04. The topological polar surface area (TPSA) is 13.1 Å². The first-order valence-electron chi connectivity index (χ1n) is 6.02. The van der Waals surface area contributed by atoms with Crippen LogP contribution in [0, 0.1) is 5.82 Å². The summed E-state index contributed by atoms with van der Waals surface area (Å²) in [5.41, 5.74) is 0.785. The quantitative estimate of drug-likeness (QED) is 0.613. The highest BCUT2D eigenvalue weighted by molar-refractivity contribution is 5.86. The zero-order chi connectivity index (χ0) is 13.2. The third-order valence-corrected chi connectivity index (χ3v) is 3.11. The Bertz CT molecular complexity index is 745. The molecule has 0 fully saturated rings. The molecule has 0 unspecified atom stereocenters. The van der Waals surface area contributed by atoms with Crippen LogP contribution < -0.4 is 26.3 Å². The van der Waals surface area contributed by atoms with Gasteiger partial charge < -0.3 is 21.7 Å². The number of pyridine rings is 1. The molecule has 0 aliphatic heterocycles. The molecule has 0 atom stereocenters. The maximum absolute atomic E-state index is 13.3. The van der Waals surface area contributed by atoms with Crippen LogP contribution in [0.15, 0.2) is 60.9 Å². The summed E-state index contributed by atoms with van der Waals surface area (Å²) in [5.74, 6) is 0.563. The summed E-state index contributed by atoms with van der Waals surface area (Å²) in [6.07, 6.45) is 3.86. The zero-order valence-electron chi connectivity index (χ0n) is 10.9. The predicted molar refractivity (Wildman–Crippen MR) is 72.0 cm³/mol. The molecule has 0 bridgehead atoms. The fourth-order valence-electron chi connectivity index (χ4n) is 2.16. The van der Waals surface area contributed by atoms with E-state index < -0.39 is 0 Å². The van der Waals surface area contributed by atoms with Crippen molar-refractivity contribution in [2.45, 2.75) is 0 Å². The van der Waals surface area contributed by atoms with Gasteiger partial charge in [0.2, 0.25) is 5.69 Å². The lowest BCUT2D eigenvalue weighted by molar-refractivity contribution is -0.594. The molecular formula is C16H13BrFNO. The van der Waals surface area contributed by atoms with Gasteiger partial charge in [0.25, 0.3) is 0 Å². The van der Waals surface area contributed by atoms with Gasteiger partial charge in [-0.25, -0.2) is 4.39 Å². The molecule has 20 heavy (non-hydrogen) atoms. The number of hydrogen-bond donors (Lipinski definition) is 0. The van der Waals surface area contributed by atoms with Gasteiger partial charge in [-0.3, -0.25) is 0 Å².